The number of hydrogen-bond acceptors (Lipinski definition) is 6. The number of carboxylic acids is 1. The summed E-state index contributed by atoms with van der Waals surface area (Å²) >= 11 is 3.34. The Hall–Kier alpha value is -2.94. The molecule has 0 radical (unpaired) electrons. The number of aliphatic carboxylic acids is 1. The van der Waals surface area contributed by atoms with Gasteiger partial charge in [0.15, 0.2) is 11.6 Å². The molecule has 1 unspecified atom stereocenters. The summed E-state index contributed by atoms with van der Waals surface area (Å²) in [6.45, 7) is 1.45. The fourth-order valence-electron chi connectivity index (χ4n) is 2.29. The molecular formula is C17H15BrN4O4. The molecule has 0 amide bonds. The summed E-state index contributed by atoms with van der Waals surface area (Å²) in [5.74, 6) is -0.509. The van der Waals surface area contributed by atoms with Crippen molar-refractivity contribution in [2.45, 2.75) is 13.0 Å². The third-order valence-electron chi connectivity index (χ3n) is 3.71. The number of carboxylic acid groups (broad SMARTS) is 1. The van der Waals surface area contributed by atoms with E-state index in [9.17, 15) is 10.0 Å². The van der Waals surface area contributed by atoms with E-state index in [4.69, 9.17) is 9.84 Å². The molecule has 0 saturated heterocycles. The van der Waals surface area contributed by atoms with Crippen molar-refractivity contribution in [2.75, 3.05) is 11.9 Å². The van der Waals surface area contributed by atoms with E-state index in [-0.39, 0.29) is 5.95 Å². The number of benzene rings is 2. The monoisotopic (exact) mass is 418 g/mol. The standard InChI is InChI=1S/C17H15BrN4O4/c1-10(16(23)24)26-13-6-4-12(5-7-13)21(2)17-19-14-8-3-11(18)9-15(14)20-22(17)25/h3-10H,1-2H3,(H,23,24). The minimum absolute atomic E-state index is 0.118. The fourth-order valence-corrected chi connectivity index (χ4v) is 2.63. The Kier molecular flexibility index (Phi) is 4.90. The van der Waals surface area contributed by atoms with E-state index in [1.54, 1.807) is 48.3 Å². The maximum atomic E-state index is 12.2. The van der Waals surface area contributed by atoms with Gasteiger partial charge in [0.25, 0.3) is 0 Å². The maximum Gasteiger partial charge on any atom is 0.419 e. The fraction of sp³-hybridized carbons (Fsp3) is 0.176. The summed E-state index contributed by atoms with van der Waals surface area (Å²) in [4.78, 5) is 17.3. The second-order valence-corrected chi connectivity index (χ2v) is 6.48. The molecular weight excluding hydrogens is 404 g/mol. The lowest BCUT2D eigenvalue weighted by Crippen LogP contribution is -2.39. The second-order valence-electron chi connectivity index (χ2n) is 5.57. The van der Waals surface area contributed by atoms with Crippen LogP contribution in [0.3, 0.4) is 0 Å². The quantitative estimate of drug-likeness (QED) is 0.501. The van der Waals surface area contributed by atoms with Gasteiger partial charge in [0.1, 0.15) is 17.0 Å². The van der Waals surface area contributed by atoms with Crippen LogP contribution in [0.4, 0.5) is 11.6 Å². The summed E-state index contributed by atoms with van der Waals surface area (Å²) < 4.78 is 6.10. The zero-order chi connectivity index (χ0) is 18.8. The van der Waals surface area contributed by atoms with Crippen LogP contribution >= 0.6 is 15.9 Å². The third kappa shape index (κ3) is 3.67. The summed E-state index contributed by atoms with van der Waals surface area (Å²) in [6.07, 6.45) is -0.951. The summed E-state index contributed by atoms with van der Waals surface area (Å²) in [5, 5.41) is 25.1. The van der Waals surface area contributed by atoms with Crippen molar-refractivity contribution in [3.05, 3.63) is 52.1 Å². The Morgan fingerprint density at radius 1 is 1.27 bits per heavy atom. The molecule has 26 heavy (non-hydrogen) atoms. The average Bonchev–Trinajstić information content (AvgIpc) is 2.61. The van der Waals surface area contributed by atoms with Crippen molar-refractivity contribution >= 4 is 44.6 Å². The number of anilines is 2. The predicted octanol–water partition coefficient (Wildman–Crippen LogP) is 2.65. The van der Waals surface area contributed by atoms with Crippen LogP contribution in [-0.2, 0) is 4.79 Å². The van der Waals surface area contributed by atoms with Crippen LogP contribution in [0.15, 0.2) is 46.9 Å². The van der Waals surface area contributed by atoms with Gasteiger partial charge in [-0.25, -0.2) is 9.69 Å². The molecule has 0 saturated carbocycles. The van der Waals surface area contributed by atoms with Gasteiger partial charge in [0.2, 0.25) is 0 Å². The van der Waals surface area contributed by atoms with Crippen molar-refractivity contribution in [3.63, 3.8) is 0 Å². The number of ether oxygens (including phenoxy) is 1. The van der Waals surface area contributed by atoms with Crippen molar-refractivity contribution < 1.29 is 19.5 Å². The van der Waals surface area contributed by atoms with Gasteiger partial charge in [-0.2, -0.15) is 0 Å². The minimum atomic E-state index is -1.04. The van der Waals surface area contributed by atoms with Crippen LogP contribution in [0.2, 0.25) is 0 Å². The molecule has 3 aromatic rings. The van der Waals surface area contributed by atoms with E-state index in [2.05, 4.69) is 26.0 Å². The number of halogens is 1. The molecule has 1 N–H and O–H groups in total. The van der Waals surface area contributed by atoms with Crippen molar-refractivity contribution in [1.29, 1.82) is 0 Å². The molecule has 0 spiro atoms. The molecule has 1 heterocycles. The molecule has 2 aromatic carbocycles. The highest BCUT2D eigenvalue weighted by Crippen LogP contribution is 2.24. The highest BCUT2D eigenvalue weighted by Gasteiger charge is 2.20. The molecule has 9 heteroatoms. The van der Waals surface area contributed by atoms with Gasteiger partial charge in [-0.1, -0.05) is 20.9 Å². The van der Waals surface area contributed by atoms with Gasteiger partial charge in [0, 0.05) is 4.47 Å². The Balaban J connectivity index is 1.88. The molecule has 3 rings (SSSR count). The Morgan fingerprint density at radius 3 is 2.62 bits per heavy atom. The Morgan fingerprint density at radius 2 is 1.96 bits per heavy atom. The van der Waals surface area contributed by atoms with Gasteiger partial charge < -0.3 is 15.1 Å². The van der Waals surface area contributed by atoms with Crippen LogP contribution in [0, 0.1) is 5.21 Å². The molecule has 0 aliphatic carbocycles. The molecule has 0 aliphatic rings. The van der Waals surface area contributed by atoms with E-state index < -0.39 is 12.1 Å². The number of rotatable bonds is 5. The number of carbonyl (C=O) groups is 1. The number of nitrogens with zero attached hydrogens (tertiary/aromatic N) is 4. The van der Waals surface area contributed by atoms with Crippen LogP contribution in [0.25, 0.3) is 11.0 Å². The van der Waals surface area contributed by atoms with Gasteiger partial charge in [0.05, 0.1) is 7.05 Å². The van der Waals surface area contributed by atoms with Gasteiger partial charge in [-0.05, 0) is 49.4 Å². The molecule has 0 fully saturated rings. The Bertz CT molecular complexity index is 965. The lowest BCUT2D eigenvalue weighted by Gasteiger charge is -2.16. The summed E-state index contributed by atoms with van der Waals surface area (Å²) in [5.41, 5.74) is 1.76. The maximum absolute atomic E-state index is 12.2. The zero-order valence-electron chi connectivity index (χ0n) is 14.0. The lowest BCUT2D eigenvalue weighted by atomic mass is 10.3. The lowest BCUT2D eigenvalue weighted by molar-refractivity contribution is -0.656. The zero-order valence-corrected chi connectivity index (χ0v) is 15.5. The first-order chi connectivity index (χ1) is 12.3. The van der Waals surface area contributed by atoms with Crippen LogP contribution in [0.1, 0.15) is 6.92 Å². The number of hydrogen-bond donors (Lipinski definition) is 1. The topological polar surface area (TPSA) is 102 Å². The highest BCUT2D eigenvalue weighted by atomic mass is 79.9. The summed E-state index contributed by atoms with van der Waals surface area (Å²) in [7, 11) is 1.69. The second kappa shape index (κ2) is 7.12. The van der Waals surface area contributed by atoms with E-state index in [0.717, 1.165) is 4.47 Å². The van der Waals surface area contributed by atoms with Crippen LogP contribution in [0.5, 0.6) is 5.75 Å². The van der Waals surface area contributed by atoms with E-state index >= 15 is 0 Å². The SMILES string of the molecule is CC(Oc1ccc(N(C)c2nc3ccc(Br)cc3n[n+]2[O-])cc1)C(=O)O. The van der Waals surface area contributed by atoms with E-state index in [0.29, 0.717) is 27.3 Å². The van der Waals surface area contributed by atoms with E-state index in [1.807, 2.05) is 6.07 Å². The smallest absolute Gasteiger partial charge is 0.419 e. The van der Waals surface area contributed by atoms with Gasteiger partial charge in [-0.15, -0.1) is 9.94 Å². The average molecular weight is 419 g/mol. The molecule has 1 atom stereocenters. The first-order valence-electron chi connectivity index (χ1n) is 7.65. The van der Waals surface area contributed by atoms with Gasteiger partial charge in [-0.3, -0.25) is 0 Å². The van der Waals surface area contributed by atoms with Crippen molar-refractivity contribution in [3.8, 4) is 5.75 Å². The summed E-state index contributed by atoms with van der Waals surface area (Å²) in [6, 6.07) is 12.0. The van der Waals surface area contributed by atoms with Crippen LogP contribution < -0.4 is 14.5 Å². The molecule has 1 aromatic heterocycles. The molecule has 0 bridgehead atoms. The third-order valence-corrected chi connectivity index (χ3v) is 4.21. The van der Waals surface area contributed by atoms with Gasteiger partial charge >= 0.3 is 11.9 Å². The normalized spacial score (nSPS) is 12.0. The first kappa shape index (κ1) is 17.9. The highest BCUT2D eigenvalue weighted by molar-refractivity contribution is 9.10. The first-order valence-corrected chi connectivity index (χ1v) is 8.45. The molecule has 8 nitrogen and oxygen atoms in total. The van der Waals surface area contributed by atoms with Crippen LogP contribution in [-0.4, -0.2) is 34.3 Å². The largest absolute Gasteiger partial charge is 0.722 e. The molecule has 0 aliphatic heterocycles. The van der Waals surface area contributed by atoms with E-state index in [1.165, 1.54) is 6.92 Å². The predicted molar refractivity (Wildman–Crippen MR) is 98.4 cm³/mol. The molecule has 134 valence electrons. The Labute approximate surface area is 157 Å². The van der Waals surface area contributed by atoms with Crippen molar-refractivity contribution in [1.82, 2.24) is 10.1 Å². The number of fused-ring (bicyclic) bond motifs is 1. The van der Waals surface area contributed by atoms with Crippen molar-refractivity contribution in [2.24, 2.45) is 0 Å². The number of aromatic nitrogens is 3. The minimum Gasteiger partial charge on any atom is -0.722 e.